The van der Waals surface area contributed by atoms with Crippen molar-refractivity contribution in [2.24, 2.45) is 11.7 Å². The van der Waals surface area contributed by atoms with Gasteiger partial charge in [0, 0.05) is 24.2 Å². The fourth-order valence-electron chi connectivity index (χ4n) is 3.32. The van der Waals surface area contributed by atoms with Crippen LogP contribution in [0.4, 0.5) is 4.39 Å². The van der Waals surface area contributed by atoms with E-state index in [1.165, 1.54) is 19.3 Å². The van der Waals surface area contributed by atoms with Crippen LogP contribution in [0.25, 0.3) is 0 Å². The van der Waals surface area contributed by atoms with E-state index in [0.29, 0.717) is 18.2 Å². The molecule has 0 radical (unpaired) electrons. The lowest BCUT2D eigenvalue weighted by Crippen LogP contribution is -2.41. The van der Waals surface area contributed by atoms with Crippen LogP contribution in [0.2, 0.25) is 5.02 Å². The molecule has 0 spiro atoms. The van der Waals surface area contributed by atoms with E-state index in [9.17, 15) is 4.39 Å². The lowest BCUT2D eigenvalue weighted by atomic mass is 9.85. The molecule has 0 amide bonds. The van der Waals surface area contributed by atoms with Gasteiger partial charge in [0.05, 0.1) is 5.02 Å². The summed E-state index contributed by atoms with van der Waals surface area (Å²) in [4.78, 5) is 2.24. The normalized spacial score (nSPS) is 24.9. The van der Waals surface area contributed by atoms with E-state index in [1.54, 1.807) is 18.2 Å². The zero-order valence-electron chi connectivity index (χ0n) is 12.3. The summed E-state index contributed by atoms with van der Waals surface area (Å²) in [5.74, 6) is 0.402. The number of likely N-dealkylation sites (N-methyl/N-ethyl adjacent to an activating group) is 1. The van der Waals surface area contributed by atoms with Gasteiger partial charge in [0.2, 0.25) is 0 Å². The summed E-state index contributed by atoms with van der Waals surface area (Å²) in [5.41, 5.74) is 6.53. The van der Waals surface area contributed by atoms with Gasteiger partial charge >= 0.3 is 0 Å². The molecule has 1 aromatic carbocycles. The first kappa shape index (κ1) is 15.7. The molecule has 1 aliphatic carbocycles. The number of benzene rings is 1. The minimum Gasteiger partial charge on any atom is -0.329 e. The van der Waals surface area contributed by atoms with Crippen LogP contribution in [-0.2, 0) is 0 Å². The van der Waals surface area contributed by atoms with Crippen LogP contribution < -0.4 is 5.73 Å². The zero-order chi connectivity index (χ0) is 14.7. The Bertz CT molecular complexity index is 452. The second-order valence-electron chi connectivity index (χ2n) is 5.99. The van der Waals surface area contributed by atoms with Gasteiger partial charge in [-0.15, -0.1) is 0 Å². The maximum atomic E-state index is 14.2. The highest BCUT2D eigenvalue weighted by atomic mass is 35.5. The number of nitrogens with zero attached hydrogens (tertiary/aromatic N) is 1. The predicted octanol–water partition coefficient (Wildman–Crippen LogP) is 3.99. The predicted molar refractivity (Wildman–Crippen MR) is 82.4 cm³/mol. The number of nitrogens with two attached hydrogens (primary N) is 1. The lowest BCUT2D eigenvalue weighted by molar-refractivity contribution is 0.119. The molecule has 1 saturated carbocycles. The van der Waals surface area contributed by atoms with Crippen molar-refractivity contribution in [1.29, 1.82) is 0 Å². The third-order valence-electron chi connectivity index (χ3n) is 4.54. The Morgan fingerprint density at radius 1 is 1.45 bits per heavy atom. The smallest absolute Gasteiger partial charge is 0.146 e. The molecule has 112 valence electrons. The molecule has 1 aliphatic rings. The van der Waals surface area contributed by atoms with E-state index in [1.807, 2.05) is 0 Å². The van der Waals surface area contributed by atoms with Gasteiger partial charge < -0.3 is 5.73 Å². The van der Waals surface area contributed by atoms with Crippen LogP contribution >= 0.6 is 11.6 Å². The molecule has 0 bridgehead atoms. The van der Waals surface area contributed by atoms with Crippen LogP contribution in [0.15, 0.2) is 18.2 Å². The minimum atomic E-state index is -0.333. The summed E-state index contributed by atoms with van der Waals surface area (Å²) in [6.45, 7) is 2.69. The zero-order valence-corrected chi connectivity index (χ0v) is 13.0. The van der Waals surface area contributed by atoms with E-state index in [2.05, 4.69) is 18.9 Å². The topological polar surface area (TPSA) is 29.3 Å². The highest BCUT2D eigenvalue weighted by Crippen LogP contribution is 2.33. The van der Waals surface area contributed by atoms with Crippen molar-refractivity contribution in [2.45, 2.75) is 44.7 Å². The lowest BCUT2D eigenvalue weighted by Gasteiger charge is -2.39. The molecular weight excluding hydrogens is 275 g/mol. The Labute approximate surface area is 126 Å². The van der Waals surface area contributed by atoms with Gasteiger partial charge in [-0.3, -0.25) is 4.90 Å². The monoisotopic (exact) mass is 298 g/mol. The summed E-state index contributed by atoms with van der Waals surface area (Å²) < 4.78 is 14.2. The van der Waals surface area contributed by atoms with Crippen molar-refractivity contribution in [3.63, 3.8) is 0 Å². The first-order valence-electron chi connectivity index (χ1n) is 7.40. The Morgan fingerprint density at radius 2 is 2.20 bits per heavy atom. The fourth-order valence-corrected chi connectivity index (χ4v) is 3.50. The van der Waals surface area contributed by atoms with E-state index >= 15 is 0 Å². The second kappa shape index (κ2) is 6.88. The Balaban J connectivity index is 2.20. The van der Waals surface area contributed by atoms with Crippen LogP contribution in [-0.4, -0.2) is 24.5 Å². The van der Waals surface area contributed by atoms with Gasteiger partial charge in [-0.2, -0.15) is 0 Å². The van der Waals surface area contributed by atoms with Gasteiger partial charge in [0.25, 0.3) is 0 Å². The SMILES string of the molecule is CC1CCCC(N(C)C(CN)c2cccc(Cl)c2F)C1. The van der Waals surface area contributed by atoms with Crippen molar-refractivity contribution in [2.75, 3.05) is 13.6 Å². The number of hydrogen-bond donors (Lipinski definition) is 1. The van der Waals surface area contributed by atoms with Crippen LogP contribution in [0.1, 0.15) is 44.2 Å². The van der Waals surface area contributed by atoms with Crippen LogP contribution in [0, 0.1) is 11.7 Å². The first-order valence-corrected chi connectivity index (χ1v) is 7.78. The number of halogens is 2. The van der Waals surface area contributed by atoms with Gasteiger partial charge in [-0.1, -0.05) is 43.5 Å². The molecule has 20 heavy (non-hydrogen) atoms. The standard InChI is InChI=1S/C16H24ClFN2/c1-11-5-3-6-12(9-11)20(2)15(10-19)13-7-4-8-14(17)16(13)18/h4,7-8,11-12,15H,3,5-6,9-10,19H2,1-2H3. The van der Waals surface area contributed by atoms with Crippen molar-refractivity contribution < 1.29 is 4.39 Å². The molecule has 3 unspecified atom stereocenters. The summed E-state index contributed by atoms with van der Waals surface area (Å²) in [7, 11) is 2.06. The summed E-state index contributed by atoms with van der Waals surface area (Å²) >= 11 is 5.89. The number of hydrogen-bond acceptors (Lipinski definition) is 2. The van der Waals surface area contributed by atoms with Gasteiger partial charge in [-0.05, 0) is 31.9 Å². The Morgan fingerprint density at radius 3 is 2.85 bits per heavy atom. The van der Waals surface area contributed by atoms with E-state index in [0.717, 1.165) is 12.3 Å². The molecule has 0 aliphatic heterocycles. The minimum absolute atomic E-state index is 0.107. The molecule has 2 rings (SSSR count). The van der Waals surface area contributed by atoms with Gasteiger partial charge in [0.1, 0.15) is 5.82 Å². The Kier molecular flexibility index (Phi) is 5.42. The molecule has 0 saturated heterocycles. The number of rotatable bonds is 4. The average molecular weight is 299 g/mol. The highest BCUT2D eigenvalue weighted by molar-refractivity contribution is 6.30. The third-order valence-corrected chi connectivity index (χ3v) is 4.83. The maximum Gasteiger partial charge on any atom is 0.146 e. The molecule has 2 N–H and O–H groups in total. The van der Waals surface area contributed by atoms with Crippen molar-refractivity contribution >= 4 is 11.6 Å². The molecule has 1 aromatic rings. The summed E-state index contributed by atoms with van der Waals surface area (Å²) in [6, 6.07) is 5.54. The van der Waals surface area contributed by atoms with Crippen LogP contribution in [0.3, 0.4) is 0 Å². The summed E-state index contributed by atoms with van der Waals surface area (Å²) in [6.07, 6.45) is 4.86. The molecule has 3 atom stereocenters. The summed E-state index contributed by atoms with van der Waals surface area (Å²) in [5, 5.41) is 0.173. The third kappa shape index (κ3) is 3.33. The average Bonchev–Trinajstić information content (AvgIpc) is 2.44. The molecule has 1 fully saturated rings. The van der Waals surface area contributed by atoms with Gasteiger partial charge in [0.15, 0.2) is 0 Å². The van der Waals surface area contributed by atoms with E-state index in [-0.39, 0.29) is 16.9 Å². The molecular formula is C16H24ClFN2. The van der Waals surface area contributed by atoms with Crippen molar-refractivity contribution in [1.82, 2.24) is 4.90 Å². The maximum absolute atomic E-state index is 14.2. The van der Waals surface area contributed by atoms with Crippen molar-refractivity contribution in [3.8, 4) is 0 Å². The first-order chi connectivity index (χ1) is 9.54. The van der Waals surface area contributed by atoms with E-state index < -0.39 is 0 Å². The molecule has 4 heteroatoms. The molecule has 0 heterocycles. The fraction of sp³-hybridized carbons (Fsp3) is 0.625. The Hall–Kier alpha value is -0.640. The van der Waals surface area contributed by atoms with Crippen molar-refractivity contribution in [3.05, 3.63) is 34.6 Å². The second-order valence-corrected chi connectivity index (χ2v) is 6.39. The quantitative estimate of drug-likeness (QED) is 0.911. The van der Waals surface area contributed by atoms with E-state index in [4.69, 9.17) is 17.3 Å². The molecule has 0 aromatic heterocycles. The van der Waals surface area contributed by atoms with Gasteiger partial charge in [-0.25, -0.2) is 4.39 Å². The van der Waals surface area contributed by atoms with Crippen LogP contribution in [0.5, 0.6) is 0 Å². The largest absolute Gasteiger partial charge is 0.329 e. The highest BCUT2D eigenvalue weighted by Gasteiger charge is 2.29. The molecule has 2 nitrogen and oxygen atoms in total.